The molecule has 7 nitrogen and oxygen atoms in total. The summed E-state index contributed by atoms with van der Waals surface area (Å²) in [6.45, 7) is 0. The van der Waals surface area contributed by atoms with E-state index in [-0.39, 0.29) is 5.91 Å². The van der Waals surface area contributed by atoms with Crippen LogP contribution in [0.25, 0.3) is 0 Å². The van der Waals surface area contributed by atoms with Crippen molar-refractivity contribution >= 4 is 12.1 Å². The van der Waals surface area contributed by atoms with Gasteiger partial charge in [0.15, 0.2) is 11.5 Å². The fourth-order valence-electron chi connectivity index (χ4n) is 2.14. The summed E-state index contributed by atoms with van der Waals surface area (Å²) in [7, 11) is 6.17. The van der Waals surface area contributed by atoms with Crippen LogP contribution < -0.4 is 24.4 Å². The van der Waals surface area contributed by atoms with Gasteiger partial charge >= 0.3 is 0 Å². The van der Waals surface area contributed by atoms with Gasteiger partial charge in [0.05, 0.1) is 34.7 Å². The molecule has 0 fully saturated rings. The van der Waals surface area contributed by atoms with E-state index in [1.807, 2.05) is 0 Å². The summed E-state index contributed by atoms with van der Waals surface area (Å²) in [6, 6.07) is 10.1. The molecule has 2 rings (SSSR count). The molecule has 2 aromatic rings. The average Bonchev–Trinajstić information content (AvgIpc) is 2.67. The van der Waals surface area contributed by atoms with E-state index in [4.69, 9.17) is 18.9 Å². The molecule has 0 saturated heterocycles. The van der Waals surface area contributed by atoms with Gasteiger partial charge in [0, 0.05) is 11.1 Å². The van der Waals surface area contributed by atoms with Crippen molar-refractivity contribution in [1.29, 1.82) is 0 Å². The molecule has 1 amide bonds. The molecule has 0 saturated carbocycles. The molecule has 25 heavy (non-hydrogen) atoms. The number of amides is 1. The third kappa shape index (κ3) is 4.41. The van der Waals surface area contributed by atoms with E-state index in [9.17, 15) is 4.79 Å². The third-order valence-corrected chi connectivity index (χ3v) is 3.45. The van der Waals surface area contributed by atoms with Crippen molar-refractivity contribution in [3.8, 4) is 23.0 Å². The van der Waals surface area contributed by atoms with Gasteiger partial charge in [-0.2, -0.15) is 5.10 Å². The summed E-state index contributed by atoms with van der Waals surface area (Å²) in [5.74, 6) is 1.91. The van der Waals surface area contributed by atoms with Crippen molar-refractivity contribution in [2.75, 3.05) is 28.4 Å². The van der Waals surface area contributed by atoms with Gasteiger partial charge in [0.25, 0.3) is 5.91 Å². The second kappa shape index (κ2) is 8.58. The lowest BCUT2D eigenvalue weighted by Crippen LogP contribution is -2.17. The van der Waals surface area contributed by atoms with E-state index in [0.717, 1.165) is 0 Å². The SMILES string of the molecule is COc1ccc(OC)c(/C=N\NC(=O)c2ccc(OC)c(OC)c2)c1. The lowest BCUT2D eigenvalue weighted by atomic mass is 10.2. The standard InChI is InChI=1S/C18H20N2O5/c1-22-14-6-8-15(23-2)13(9-14)11-19-20-18(21)12-5-7-16(24-3)17(10-12)25-4/h5-11H,1-4H3,(H,20,21)/b19-11-. The summed E-state index contributed by atoms with van der Waals surface area (Å²) >= 11 is 0. The summed E-state index contributed by atoms with van der Waals surface area (Å²) < 4.78 is 20.7. The highest BCUT2D eigenvalue weighted by Gasteiger charge is 2.10. The molecule has 0 aliphatic carbocycles. The number of methoxy groups -OCH3 is 4. The molecule has 0 unspecified atom stereocenters. The summed E-state index contributed by atoms with van der Waals surface area (Å²) in [5.41, 5.74) is 3.53. The highest BCUT2D eigenvalue weighted by Crippen LogP contribution is 2.27. The average molecular weight is 344 g/mol. The smallest absolute Gasteiger partial charge is 0.271 e. The van der Waals surface area contributed by atoms with E-state index in [2.05, 4.69) is 10.5 Å². The fraction of sp³-hybridized carbons (Fsp3) is 0.222. The van der Waals surface area contributed by atoms with Gasteiger partial charge < -0.3 is 18.9 Å². The van der Waals surface area contributed by atoms with Gasteiger partial charge in [-0.15, -0.1) is 0 Å². The molecule has 1 N–H and O–H groups in total. The summed E-state index contributed by atoms with van der Waals surface area (Å²) in [5, 5.41) is 3.97. The number of carbonyl (C=O) groups is 1. The van der Waals surface area contributed by atoms with Crippen LogP contribution in [0.15, 0.2) is 41.5 Å². The summed E-state index contributed by atoms with van der Waals surface area (Å²) in [4.78, 5) is 12.2. The van der Waals surface area contributed by atoms with Gasteiger partial charge in [-0.3, -0.25) is 4.79 Å². The van der Waals surface area contributed by atoms with Gasteiger partial charge in [-0.05, 0) is 36.4 Å². The van der Waals surface area contributed by atoms with Gasteiger partial charge in [-0.25, -0.2) is 5.43 Å². The maximum Gasteiger partial charge on any atom is 0.271 e. The van der Waals surface area contributed by atoms with Crippen molar-refractivity contribution in [3.63, 3.8) is 0 Å². The highest BCUT2D eigenvalue weighted by molar-refractivity contribution is 5.95. The van der Waals surface area contributed by atoms with Crippen molar-refractivity contribution in [3.05, 3.63) is 47.5 Å². The third-order valence-electron chi connectivity index (χ3n) is 3.45. The number of hydrogen-bond donors (Lipinski definition) is 1. The Kier molecular flexibility index (Phi) is 6.22. The second-order valence-corrected chi connectivity index (χ2v) is 4.88. The number of nitrogens with one attached hydrogen (secondary N) is 1. The number of hydrogen-bond acceptors (Lipinski definition) is 6. The zero-order valence-corrected chi connectivity index (χ0v) is 14.5. The lowest BCUT2D eigenvalue weighted by Gasteiger charge is -2.09. The Bertz CT molecular complexity index is 774. The molecule has 0 aliphatic heterocycles. The Morgan fingerprint density at radius 3 is 2.20 bits per heavy atom. The van der Waals surface area contributed by atoms with Crippen LogP contribution in [-0.4, -0.2) is 40.6 Å². The minimum absolute atomic E-state index is 0.376. The van der Waals surface area contributed by atoms with Gasteiger partial charge in [0.2, 0.25) is 0 Å². The van der Waals surface area contributed by atoms with Crippen molar-refractivity contribution < 1.29 is 23.7 Å². The van der Waals surface area contributed by atoms with Crippen LogP contribution in [0.2, 0.25) is 0 Å². The zero-order valence-electron chi connectivity index (χ0n) is 14.5. The molecule has 7 heteroatoms. The van der Waals surface area contributed by atoms with E-state index >= 15 is 0 Å². The predicted octanol–water partition coefficient (Wildman–Crippen LogP) is 2.48. The first kappa shape index (κ1) is 18.1. The number of benzene rings is 2. The molecule has 0 radical (unpaired) electrons. The molecule has 0 heterocycles. The van der Waals surface area contributed by atoms with Crippen molar-refractivity contribution in [2.24, 2.45) is 5.10 Å². The maximum absolute atomic E-state index is 12.2. The minimum Gasteiger partial charge on any atom is -0.497 e. The Labute approximate surface area is 146 Å². The number of ether oxygens (including phenoxy) is 4. The predicted molar refractivity (Wildman–Crippen MR) is 94.2 cm³/mol. The molecule has 0 bridgehead atoms. The molecule has 2 aromatic carbocycles. The molecule has 0 atom stereocenters. The Balaban J connectivity index is 2.13. The van der Waals surface area contributed by atoms with E-state index < -0.39 is 0 Å². The normalized spacial score (nSPS) is 10.4. The van der Waals surface area contributed by atoms with Crippen LogP contribution in [0.4, 0.5) is 0 Å². The molecular weight excluding hydrogens is 324 g/mol. The minimum atomic E-state index is -0.376. The zero-order chi connectivity index (χ0) is 18.2. The molecule has 0 spiro atoms. The Morgan fingerprint density at radius 1 is 0.880 bits per heavy atom. The number of hydrazone groups is 1. The quantitative estimate of drug-likeness (QED) is 0.617. The largest absolute Gasteiger partial charge is 0.497 e. The van der Waals surface area contributed by atoms with Crippen molar-refractivity contribution in [1.82, 2.24) is 5.43 Å². The van der Waals surface area contributed by atoms with Crippen LogP contribution in [0.1, 0.15) is 15.9 Å². The first-order valence-corrected chi connectivity index (χ1v) is 7.40. The van der Waals surface area contributed by atoms with Crippen LogP contribution in [0.3, 0.4) is 0 Å². The Hall–Kier alpha value is -3.22. The van der Waals surface area contributed by atoms with Crippen LogP contribution >= 0.6 is 0 Å². The van der Waals surface area contributed by atoms with E-state index in [1.54, 1.807) is 50.6 Å². The van der Waals surface area contributed by atoms with E-state index in [0.29, 0.717) is 34.1 Å². The first-order valence-electron chi connectivity index (χ1n) is 7.40. The molecule has 132 valence electrons. The van der Waals surface area contributed by atoms with Gasteiger partial charge in [0.1, 0.15) is 11.5 Å². The lowest BCUT2D eigenvalue weighted by molar-refractivity contribution is 0.0954. The fourth-order valence-corrected chi connectivity index (χ4v) is 2.14. The Morgan fingerprint density at radius 2 is 1.56 bits per heavy atom. The number of carbonyl (C=O) groups excluding carboxylic acids is 1. The molecule has 0 aliphatic rings. The maximum atomic E-state index is 12.2. The number of rotatable bonds is 7. The molecule has 0 aromatic heterocycles. The van der Waals surface area contributed by atoms with Crippen molar-refractivity contribution in [2.45, 2.75) is 0 Å². The first-order chi connectivity index (χ1) is 12.1. The van der Waals surface area contributed by atoms with E-state index in [1.165, 1.54) is 20.4 Å². The monoisotopic (exact) mass is 344 g/mol. The van der Waals surface area contributed by atoms with Crippen LogP contribution in [0.5, 0.6) is 23.0 Å². The van der Waals surface area contributed by atoms with Gasteiger partial charge in [-0.1, -0.05) is 0 Å². The van der Waals surface area contributed by atoms with Crippen LogP contribution in [-0.2, 0) is 0 Å². The highest BCUT2D eigenvalue weighted by atomic mass is 16.5. The van der Waals surface area contributed by atoms with Crippen LogP contribution in [0, 0.1) is 0 Å². The number of nitrogens with zero attached hydrogens (tertiary/aromatic N) is 1. The molecular formula is C18H20N2O5. The second-order valence-electron chi connectivity index (χ2n) is 4.88. The summed E-state index contributed by atoms with van der Waals surface area (Å²) in [6.07, 6.45) is 1.49. The topological polar surface area (TPSA) is 78.4 Å².